The molecule has 1 aromatic heterocycles. The minimum Gasteiger partial charge on any atom is -0.383 e. The third kappa shape index (κ3) is 2.34. The van der Waals surface area contributed by atoms with Crippen molar-refractivity contribution in [1.29, 1.82) is 0 Å². The van der Waals surface area contributed by atoms with E-state index in [1.807, 2.05) is 19.1 Å². The largest absolute Gasteiger partial charge is 0.383 e. The first-order chi connectivity index (χ1) is 7.58. The fourth-order valence-electron chi connectivity index (χ4n) is 1.48. The van der Waals surface area contributed by atoms with E-state index in [9.17, 15) is 9.50 Å². The van der Waals surface area contributed by atoms with E-state index in [0.29, 0.717) is 10.0 Å². The van der Waals surface area contributed by atoms with Crippen LogP contribution in [0.1, 0.15) is 21.4 Å². The number of thiophene rings is 1. The summed E-state index contributed by atoms with van der Waals surface area (Å²) in [5.74, 6) is -0.342. The Hall–Kier alpha value is -0.710. The van der Waals surface area contributed by atoms with Crippen LogP contribution in [0.15, 0.2) is 34.8 Å². The molecule has 16 heavy (non-hydrogen) atoms. The maximum Gasteiger partial charge on any atom is 0.123 e. The van der Waals surface area contributed by atoms with Gasteiger partial charge in [0.05, 0.1) is 0 Å². The zero-order valence-electron chi connectivity index (χ0n) is 8.58. The van der Waals surface area contributed by atoms with Crippen molar-refractivity contribution in [2.45, 2.75) is 13.0 Å². The SMILES string of the molecule is Cc1ccc(C(O)c2cc(F)ccc2Br)s1. The molecule has 4 heteroatoms. The molecule has 0 spiro atoms. The monoisotopic (exact) mass is 300 g/mol. The molecule has 84 valence electrons. The van der Waals surface area contributed by atoms with E-state index in [-0.39, 0.29) is 5.82 Å². The summed E-state index contributed by atoms with van der Waals surface area (Å²) in [6, 6.07) is 8.12. The Balaban J connectivity index is 2.40. The first-order valence-electron chi connectivity index (χ1n) is 4.77. The highest BCUT2D eigenvalue weighted by Crippen LogP contribution is 2.32. The summed E-state index contributed by atoms with van der Waals surface area (Å²) >= 11 is 4.83. The second-order valence-corrected chi connectivity index (χ2v) is 5.69. The van der Waals surface area contributed by atoms with Crippen molar-refractivity contribution in [1.82, 2.24) is 0 Å². The molecular formula is C12H10BrFOS. The first kappa shape index (κ1) is 11.8. The summed E-state index contributed by atoms with van der Waals surface area (Å²) in [5.41, 5.74) is 0.557. The Labute approximate surface area is 106 Å². The van der Waals surface area contributed by atoms with Crippen molar-refractivity contribution in [3.8, 4) is 0 Å². The maximum atomic E-state index is 13.1. The molecule has 0 aliphatic heterocycles. The number of aliphatic hydroxyl groups excluding tert-OH is 1. The van der Waals surface area contributed by atoms with Gasteiger partial charge in [0, 0.05) is 19.8 Å². The van der Waals surface area contributed by atoms with Gasteiger partial charge in [0.1, 0.15) is 11.9 Å². The number of hydrogen-bond acceptors (Lipinski definition) is 2. The smallest absolute Gasteiger partial charge is 0.123 e. The number of hydrogen-bond donors (Lipinski definition) is 1. The molecule has 0 amide bonds. The van der Waals surface area contributed by atoms with Gasteiger partial charge in [0.2, 0.25) is 0 Å². The summed E-state index contributed by atoms with van der Waals surface area (Å²) in [6.07, 6.45) is -0.774. The average Bonchev–Trinajstić information content (AvgIpc) is 2.67. The van der Waals surface area contributed by atoms with Crippen LogP contribution in [0, 0.1) is 12.7 Å². The molecule has 2 rings (SSSR count). The van der Waals surface area contributed by atoms with Crippen LogP contribution in [0.3, 0.4) is 0 Å². The van der Waals surface area contributed by atoms with Crippen LogP contribution in [0.4, 0.5) is 4.39 Å². The zero-order valence-corrected chi connectivity index (χ0v) is 11.0. The number of benzene rings is 1. The maximum absolute atomic E-state index is 13.1. The second-order valence-electron chi connectivity index (χ2n) is 3.52. The minimum absolute atomic E-state index is 0.342. The van der Waals surface area contributed by atoms with Gasteiger partial charge in [-0.25, -0.2) is 4.39 Å². The lowest BCUT2D eigenvalue weighted by Crippen LogP contribution is -1.98. The first-order valence-corrected chi connectivity index (χ1v) is 6.38. The van der Waals surface area contributed by atoms with Crippen LogP contribution in [0.2, 0.25) is 0 Å². The van der Waals surface area contributed by atoms with Crippen LogP contribution in [0.25, 0.3) is 0 Å². The Bertz CT molecular complexity index is 509. The van der Waals surface area contributed by atoms with Crippen molar-refractivity contribution in [3.63, 3.8) is 0 Å². The summed E-state index contributed by atoms with van der Waals surface area (Å²) in [7, 11) is 0. The van der Waals surface area contributed by atoms with Gasteiger partial charge >= 0.3 is 0 Å². The molecule has 1 aromatic carbocycles. The molecule has 0 bridgehead atoms. The lowest BCUT2D eigenvalue weighted by molar-refractivity contribution is 0.223. The number of aliphatic hydroxyl groups is 1. The van der Waals surface area contributed by atoms with E-state index in [4.69, 9.17) is 0 Å². The fourth-order valence-corrected chi connectivity index (χ4v) is 2.82. The third-order valence-corrected chi connectivity index (χ3v) is 4.06. The van der Waals surface area contributed by atoms with Crippen molar-refractivity contribution < 1.29 is 9.50 Å². The molecule has 1 N–H and O–H groups in total. The molecule has 2 aromatic rings. The molecule has 1 unspecified atom stereocenters. The van der Waals surface area contributed by atoms with Gasteiger partial charge in [-0.15, -0.1) is 11.3 Å². The van der Waals surface area contributed by atoms with E-state index in [2.05, 4.69) is 15.9 Å². The van der Waals surface area contributed by atoms with E-state index in [1.165, 1.54) is 23.5 Å². The number of halogens is 2. The van der Waals surface area contributed by atoms with Crippen LogP contribution in [0.5, 0.6) is 0 Å². The van der Waals surface area contributed by atoms with Gasteiger partial charge in [-0.05, 0) is 37.3 Å². The highest BCUT2D eigenvalue weighted by molar-refractivity contribution is 9.10. The van der Waals surface area contributed by atoms with Crippen molar-refractivity contribution in [2.24, 2.45) is 0 Å². The Kier molecular flexibility index (Phi) is 3.42. The van der Waals surface area contributed by atoms with Crippen molar-refractivity contribution in [2.75, 3.05) is 0 Å². The standard InChI is InChI=1S/C12H10BrFOS/c1-7-2-5-11(16-7)12(15)9-6-8(14)3-4-10(9)13/h2-6,12,15H,1H3. The minimum atomic E-state index is -0.774. The zero-order chi connectivity index (χ0) is 11.7. The summed E-state index contributed by atoms with van der Waals surface area (Å²) in [4.78, 5) is 1.95. The van der Waals surface area contributed by atoms with Crippen LogP contribution in [-0.4, -0.2) is 5.11 Å². The quantitative estimate of drug-likeness (QED) is 0.887. The Morgan fingerprint density at radius 2 is 2.06 bits per heavy atom. The fraction of sp³-hybridized carbons (Fsp3) is 0.167. The van der Waals surface area contributed by atoms with Crippen molar-refractivity contribution >= 4 is 27.3 Å². The van der Waals surface area contributed by atoms with Gasteiger partial charge in [-0.2, -0.15) is 0 Å². The molecule has 0 fully saturated rings. The summed E-state index contributed by atoms with van der Waals surface area (Å²) < 4.78 is 13.8. The second kappa shape index (κ2) is 4.65. The molecule has 0 radical (unpaired) electrons. The summed E-state index contributed by atoms with van der Waals surface area (Å²) in [6.45, 7) is 1.97. The molecule has 1 nitrogen and oxygen atoms in total. The number of aryl methyl sites for hydroxylation is 1. The molecular weight excluding hydrogens is 291 g/mol. The highest BCUT2D eigenvalue weighted by Gasteiger charge is 2.15. The highest BCUT2D eigenvalue weighted by atomic mass is 79.9. The van der Waals surface area contributed by atoms with Crippen molar-refractivity contribution in [3.05, 3.63) is 55.9 Å². The lowest BCUT2D eigenvalue weighted by atomic mass is 10.1. The van der Waals surface area contributed by atoms with Gasteiger partial charge in [-0.1, -0.05) is 15.9 Å². The third-order valence-electron chi connectivity index (χ3n) is 2.28. The van der Waals surface area contributed by atoms with Crippen LogP contribution < -0.4 is 0 Å². The van der Waals surface area contributed by atoms with E-state index >= 15 is 0 Å². The molecule has 0 aliphatic carbocycles. The Morgan fingerprint density at radius 1 is 1.31 bits per heavy atom. The van der Waals surface area contributed by atoms with E-state index < -0.39 is 6.10 Å². The lowest BCUT2D eigenvalue weighted by Gasteiger charge is -2.11. The predicted octanol–water partition coefficient (Wildman–Crippen LogP) is 4.04. The van der Waals surface area contributed by atoms with Gasteiger partial charge in [-0.3, -0.25) is 0 Å². The number of rotatable bonds is 2. The Morgan fingerprint density at radius 3 is 2.69 bits per heavy atom. The van der Waals surface area contributed by atoms with Gasteiger partial charge in [0.25, 0.3) is 0 Å². The molecule has 1 atom stereocenters. The normalized spacial score (nSPS) is 12.8. The van der Waals surface area contributed by atoms with Crippen LogP contribution in [-0.2, 0) is 0 Å². The summed E-state index contributed by atoms with van der Waals surface area (Å²) in [5, 5.41) is 10.1. The van der Waals surface area contributed by atoms with Gasteiger partial charge < -0.3 is 5.11 Å². The predicted molar refractivity (Wildman–Crippen MR) is 67.2 cm³/mol. The van der Waals surface area contributed by atoms with E-state index in [0.717, 1.165) is 9.75 Å². The van der Waals surface area contributed by atoms with E-state index in [1.54, 1.807) is 6.07 Å². The molecule has 0 aliphatic rings. The average molecular weight is 301 g/mol. The molecule has 1 heterocycles. The molecule has 0 saturated heterocycles. The molecule has 0 saturated carbocycles. The topological polar surface area (TPSA) is 20.2 Å². The van der Waals surface area contributed by atoms with Gasteiger partial charge in [0.15, 0.2) is 0 Å². The van der Waals surface area contributed by atoms with Crippen LogP contribution >= 0.6 is 27.3 Å².